The maximum atomic E-state index is 9.58. The molecule has 0 unspecified atom stereocenters. The number of hydrogen-bond donors (Lipinski definition) is 2. The van der Waals surface area contributed by atoms with Crippen molar-refractivity contribution in [3.8, 4) is 45.4 Å². The van der Waals surface area contributed by atoms with Crippen LogP contribution in [0, 0.1) is 0 Å². The summed E-state index contributed by atoms with van der Waals surface area (Å²) in [4.78, 5) is 18.5. The van der Waals surface area contributed by atoms with Crippen molar-refractivity contribution in [2.75, 3.05) is 0 Å². The van der Waals surface area contributed by atoms with Crippen LogP contribution in [0.25, 0.3) is 45.4 Å². The molecule has 5 rings (SSSR count). The van der Waals surface area contributed by atoms with Crippen LogP contribution in [0.2, 0.25) is 0 Å². The zero-order valence-corrected chi connectivity index (χ0v) is 17.6. The van der Waals surface area contributed by atoms with Gasteiger partial charge in [-0.15, -0.1) is 0 Å². The summed E-state index contributed by atoms with van der Waals surface area (Å²) in [6.45, 7) is 0. The second kappa shape index (κ2) is 9.12. The fraction of sp³-hybridized carbons (Fsp3) is 0. The first kappa shape index (κ1) is 20.7. The van der Waals surface area contributed by atoms with Crippen molar-refractivity contribution in [2.24, 2.45) is 0 Å². The molecule has 0 atom stereocenters. The van der Waals surface area contributed by atoms with E-state index in [0.717, 1.165) is 22.4 Å². The Bertz CT molecular complexity index is 1380. The Morgan fingerprint density at radius 1 is 0.515 bits per heavy atom. The third kappa shape index (κ3) is 4.55. The van der Waals surface area contributed by atoms with E-state index in [2.05, 4.69) is 9.97 Å². The Labute approximate surface area is 191 Å². The molecule has 5 aromatic rings. The van der Waals surface area contributed by atoms with E-state index >= 15 is 0 Å². The lowest BCUT2D eigenvalue weighted by molar-refractivity contribution is 0.426. The summed E-state index contributed by atoms with van der Waals surface area (Å²) in [5.41, 5.74) is 4.65. The molecule has 2 aromatic heterocycles. The Morgan fingerprint density at radius 2 is 1.09 bits per heavy atom. The van der Waals surface area contributed by atoms with Gasteiger partial charge in [0.05, 0.1) is 5.69 Å². The van der Waals surface area contributed by atoms with Gasteiger partial charge in [-0.25, -0.2) is 15.0 Å². The molecule has 2 heterocycles. The van der Waals surface area contributed by atoms with Gasteiger partial charge in [0.15, 0.2) is 17.5 Å². The first-order valence-electron chi connectivity index (χ1n) is 10.5. The van der Waals surface area contributed by atoms with Crippen LogP contribution in [-0.4, -0.2) is 37.1 Å². The number of rotatable bonds is 5. The van der Waals surface area contributed by atoms with Gasteiger partial charge in [0, 0.05) is 28.5 Å². The number of hydrogen-bond acceptors (Lipinski definition) is 6. The topological polar surface area (TPSA) is 92.0 Å². The monoisotopic (exact) mass is 430 g/mol. The summed E-state index contributed by atoms with van der Waals surface area (Å²) >= 11 is 0. The normalized spacial score (nSPS) is 10.7. The average molecular weight is 430 g/mol. The van der Waals surface area contributed by atoms with Gasteiger partial charge in [-0.3, -0.25) is 4.98 Å². The lowest BCUT2D eigenvalue weighted by atomic mass is 9.79. The third-order valence-corrected chi connectivity index (χ3v) is 5.21. The molecule has 3 aromatic carbocycles. The molecule has 0 fully saturated rings. The second-order valence-corrected chi connectivity index (χ2v) is 7.46. The largest absolute Gasteiger partial charge is 0.488 e. The Morgan fingerprint density at radius 3 is 1.73 bits per heavy atom. The van der Waals surface area contributed by atoms with Crippen LogP contribution in [0.3, 0.4) is 0 Å². The van der Waals surface area contributed by atoms with Crippen molar-refractivity contribution in [3.63, 3.8) is 0 Å². The van der Waals surface area contributed by atoms with Gasteiger partial charge in [-0.2, -0.15) is 0 Å². The third-order valence-electron chi connectivity index (χ3n) is 5.21. The summed E-state index contributed by atoms with van der Waals surface area (Å²) in [6, 6.07) is 30.3. The van der Waals surface area contributed by atoms with Crippen LogP contribution in [0.4, 0.5) is 0 Å². The Hall–Kier alpha value is -4.20. The number of benzene rings is 3. The van der Waals surface area contributed by atoms with Crippen molar-refractivity contribution in [2.45, 2.75) is 0 Å². The average Bonchev–Trinajstić information content (AvgIpc) is 2.89. The highest BCUT2D eigenvalue weighted by Crippen LogP contribution is 2.26. The molecule has 7 heteroatoms. The molecule has 0 amide bonds. The van der Waals surface area contributed by atoms with Gasteiger partial charge in [-0.05, 0) is 17.6 Å². The molecule has 2 N–H and O–H groups in total. The van der Waals surface area contributed by atoms with E-state index in [-0.39, 0.29) is 0 Å². The van der Waals surface area contributed by atoms with Crippen LogP contribution in [0.1, 0.15) is 0 Å². The van der Waals surface area contributed by atoms with Crippen LogP contribution in [-0.2, 0) is 0 Å². The molecule has 0 aliphatic heterocycles. The zero-order chi connectivity index (χ0) is 22.6. The first-order chi connectivity index (χ1) is 16.2. The molecule has 33 heavy (non-hydrogen) atoms. The number of pyridine rings is 1. The minimum Gasteiger partial charge on any atom is -0.423 e. The minimum absolute atomic E-state index is 0.371. The van der Waals surface area contributed by atoms with Gasteiger partial charge in [0.1, 0.15) is 0 Å². The van der Waals surface area contributed by atoms with Crippen LogP contribution in [0.5, 0.6) is 0 Å². The van der Waals surface area contributed by atoms with Crippen molar-refractivity contribution >= 4 is 12.6 Å². The van der Waals surface area contributed by atoms with Crippen molar-refractivity contribution in [1.82, 2.24) is 19.9 Å². The van der Waals surface area contributed by atoms with E-state index in [9.17, 15) is 10.0 Å². The zero-order valence-electron chi connectivity index (χ0n) is 17.6. The van der Waals surface area contributed by atoms with Gasteiger partial charge < -0.3 is 10.0 Å². The standard InChI is InChI=1S/C26H19BN4O2/c32-27(33)22-10-6-9-21(17-22)26-30-24(19-7-2-1-3-8-19)29-25(31-26)20-14-12-18(13-15-20)23-11-4-5-16-28-23/h1-17,32-33H. The molecule has 0 spiro atoms. The fourth-order valence-electron chi connectivity index (χ4n) is 3.51. The molecule has 0 saturated carbocycles. The smallest absolute Gasteiger partial charge is 0.423 e. The lowest BCUT2D eigenvalue weighted by Crippen LogP contribution is -2.29. The molecule has 0 saturated heterocycles. The van der Waals surface area contributed by atoms with Crippen molar-refractivity contribution in [1.29, 1.82) is 0 Å². The van der Waals surface area contributed by atoms with Crippen LogP contribution in [0.15, 0.2) is 103 Å². The van der Waals surface area contributed by atoms with Crippen molar-refractivity contribution < 1.29 is 10.0 Å². The summed E-state index contributed by atoms with van der Waals surface area (Å²) in [6.07, 6.45) is 1.77. The van der Waals surface area contributed by atoms with E-state index in [0.29, 0.717) is 28.5 Å². The van der Waals surface area contributed by atoms with E-state index in [1.54, 1.807) is 24.4 Å². The Kier molecular flexibility index (Phi) is 5.72. The van der Waals surface area contributed by atoms with Gasteiger partial charge >= 0.3 is 7.12 Å². The highest BCUT2D eigenvalue weighted by molar-refractivity contribution is 6.58. The fourth-order valence-corrected chi connectivity index (χ4v) is 3.51. The van der Waals surface area contributed by atoms with E-state index < -0.39 is 7.12 Å². The van der Waals surface area contributed by atoms with E-state index in [1.165, 1.54) is 0 Å². The predicted octanol–water partition coefficient (Wildman–Crippen LogP) is 3.61. The maximum absolute atomic E-state index is 9.58. The van der Waals surface area contributed by atoms with Gasteiger partial charge in [-0.1, -0.05) is 84.9 Å². The molecular weight excluding hydrogens is 411 g/mol. The predicted molar refractivity (Wildman–Crippen MR) is 129 cm³/mol. The second-order valence-electron chi connectivity index (χ2n) is 7.46. The molecule has 0 aliphatic carbocycles. The highest BCUT2D eigenvalue weighted by Gasteiger charge is 2.15. The molecule has 0 bridgehead atoms. The summed E-state index contributed by atoms with van der Waals surface area (Å²) in [7, 11) is -1.57. The SMILES string of the molecule is OB(O)c1cccc(-c2nc(-c3ccccc3)nc(-c3ccc(-c4ccccn4)cc3)n2)c1. The van der Waals surface area contributed by atoms with Gasteiger partial charge in [0.2, 0.25) is 0 Å². The summed E-state index contributed by atoms with van der Waals surface area (Å²) < 4.78 is 0. The van der Waals surface area contributed by atoms with Crippen molar-refractivity contribution in [3.05, 3.63) is 103 Å². The van der Waals surface area contributed by atoms with Crippen LogP contribution < -0.4 is 5.46 Å². The maximum Gasteiger partial charge on any atom is 0.488 e. The van der Waals surface area contributed by atoms with E-state index in [1.807, 2.05) is 78.9 Å². The molecule has 0 radical (unpaired) electrons. The molecular formula is C26H19BN4O2. The minimum atomic E-state index is -1.57. The molecule has 158 valence electrons. The summed E-state index contributed by atoms with van der Waals surface area (Å²) in [5, 5.41) is 19.2. The molecule has 6 nitrogen and oxygen atoms in total. The number of aromatic nitrogens is 4. The quantitative estimate of drug-likeness (QED) is 0.414. The highest BCUT2D eigenvalue weighted by atomic mass is 16.4. The van der Waals surface area contributed by atoms with E-state index in [4.69, 9.17) is 9.97 Å². The molecule has 0 aliphatic rings. The van der Waals surface area contributed by atoms with Gasteiger partial charge in [0.25, 0.3) is 0 Å². The summed E-state index contributed by atoms with van der Waals surface area (Å²) in [5.74, 6) is 1.52. The first-order valence-corrected chi connectivity index (χ1v) is 10.5. The Balaban J connectivity index is 1.61. The lowest BCUT2D eigenvalue weighted by Gasteiger charge is -2.10. The number of nitrogens with zero attached hydrogens (tertiary/aromatic N) is 4. The van der Waals surface area contributed by atoms with Crippen LogP contribution >= 0.6 is 0 Å².